The van der Waals surface area contributed by atoms with Gasteiger partial charge in [0.1, 0.15) is 0 Å². The monoisotopic (exact) mass is 207 g/mol. The van der Waals surface area contributed by atoms with E-state index < -0.39 is 0 Å². The number of hydrogen-bond donors (Lipinski definition) is 0. The van der Waals surface area contributed by atoms with Crippen LogP contribution in [0.15, 0.2) is 0 Å². The molecule has 2 atom stereocenters. The number of hydrogen-bond acceptors (Lipinski definition) is 1. The molecule has 0 aromatic heterocycles. The van der Waals surface area contributed by atoms with Crippen LogP contribution >= 0.6 is 0 Å². The van der Waals surface area contributed by atoms with E-state index in [1.807, 2.05) is 0 Å². The summed E-state index contributed by atoms with van der Waals surface area (Å²) < 4.78 is 0. The van der Waals surface area contributed by atoms with Crippen molar-refractivity contribution in [2.45, 2.75) is 64.0 Å². The Morgan fingerprint density at radius 1 is 1.07 bits per heavy atom. The highest BCUT2D eigenvalue weighted by molar-refractivity contribution is 5.82. The van der Waals surface area contributed by atoms with Crippen LogP contribution in [0.1, 0.15) is 51.9 Å². The van der Waals surface area contributed by atoms with Crippen LogP contribution in [0.2, 0.25) is 0 Å². The molecule has 1 amide bonds. The molecule has 0 aliphatic heterocycles. The number of amides is 1. The molecule has 3 saturated carbocycles. The minimum atomic E-state index is 0.395. The summed E-state index contributed by atoms with van der Waals surface area (Å²) in [7, 11) is 0. The van der Waals surface area contributed by atoms with Crippen molar-refractivity contribution in [2.75, 3.05) is 0 Å². The Labute approximate surface area is 92.0 Å². The molecule has 2 nitrogen and oxygen atoms in total. The maximum atomic E-state index is 12.3. The lowest BCUT2D eigenvalue weighted by molar-refractivity contribution is -0.135. The minimum Gasteiger partial charge on any atom is -0.336 e. The van der Waals surface area contributed by atoms with Crippen LogP contribution in [0.4, 0.5) is 0 Å². The minimum absolute atomic E-state index is 0.395. The second-order valence-corrected chi connectivity index (χ2v) is 5.73. The van der Waals surface area contributed by atoms with Crippen molar-refractivity contribution in [3.05, 3.63) is 0 Å². The van der Waals surface area contributed by atoms with Gasteiger partial charge < -0.3 is 4.90 Å². The molecule has 3 aliphatic rings. The third-order valence-electron chi connectivity index (χ3n) is 4.34. The van der Waals surface area contributed by atoms with Gasteiger partial charge in [-0.25, -0.2) is 0 Å². The predicted octanol–water partition coefficient (Wildman–Crippen LogP) is 2.58. The molecule has 3 fully saturated rings. The largest absolute Gasteiger partial charge is 0.336 e. The summed E-state index contributed by atoms with van der Waals surface area (Å²) in [6, 6.07) is 1.24. The van der Waals surface area contributed by atoms with Gasteiger partial charge in [0.05, 0.1) is 0 Å². The van der Waals surface area contributed by atoms with Gasteiger partial charge in [-0.1, -0.05) is 19.8 Å². The standard InChI is InChI=1S/C13H21NO/c1-9-8-12(9)13(15)14(11-6-7-11)10-4-2-3-5-10/h9-12H,2-8H2,1H3. The highest BCUT2D eigenvalue weighted by Crippen LogP contribution is 2.43. The molecule has 3 rings (SSSR count). The molecule has 0 saturated heterocycles. The molecule has 0 spiro atoms. The highest BCUT2D eigenvalue weighted by Gasteiger charge is 2.47. The molecule has 0 N–H and O–H groups in total. The van der Waals surface area contributed by atoms with Crippen LogP contribution in [0, 0.1) is 11.8 Å². The zero-order chi connectivity index (χ0) is 10.4. The van der Waals surface area contributed by atoms with Crippen molar-refractivity contribution >= 4 is 5.91 Å². The molecule has 84 valence electrons. The van der Waals surface area contributed by atoms with Crippen molar-refractivity contribution in [3.63, 3.8) is 0 Å². The van der Waals surface area contributed by atoms with Gasteiger partial charge in [-0.3, -0.25) is 4.79 Å². The van der Waals surface area contributed by atoms with Gasteiger partial charge in [-0.05, 0) is 38.0 Å². The second kappa shape index (κ2) is 3.50. The van der Waals surface area contributed by atoms with Gasteiger partial charge in [0.2, 0.25) is 5.91 Å². The summed E-state index contributed by atoms with van der Waals surface area (Å²) >= 11 is 0. The average molecular weight is 207 g/mol. The molecular formula is C13H21NO. The Kier molecular flexibility index (Phi) is 2.26. The summed E-state index contributed by atoms with van der Waals surface area (Å²) in [5.41, 5.74) is 0. The first-order chi connectivity index (χ1) is 7.27. The Morgan fingerprint density at radius 2 is 1.60 bits per heavy atom. The number of rotatable bonds is 3. The highest BCUT2D eigenvalue weighted by atomic mass is 16.2. The lowest BCUT2D eigenvalue weighted by Crippen LogP contribution is -2.41. The van der Waals surface area contributed by atoms with Gasteiger partial charge in [-0.2, -0.15) is 0 Å². The van der Waals surface area contributed by atoms with Crippen molar-refractivity contribution in [3.8, 4) is 0 Å². The lowest BCUT2D eigenvalue weighted by Gasteiger charge is -2.29. The van der Waals surface area contributed by atoms with Gasteiger partial charge >= 0.3 is 0 Å². The van der Waals surface area contributed by atoms with Gasteiger partial charge in [0.15, 0.2) is 0 Å². The lowest BCUT2D eigenvalue weighted by atomic mass is 10.1. The summed E-state index contributed by atoms with van der Waals surface area (Å²) in [5.74, 6) is 1.56. The van der Waals surface area contributed by atoms with E-state index in [0.717, 1.165) is 6.42 Å². The Hall–Kier alpha value is -0.530. The van der Waals surface area contributed by atoms with Crippen molar-refractivity contribution in [1.82, 2.24) is 4.90 Å². The first-order valence-corrected chi connectivity index (χ1v) is 6.59. The van der Waals surface area contributed by atoms with E-state index in [0.29, 0.717) is 29.8 Å². The van der Waals surface area contributed by atoms with Crippen LogP contribution in [0.25, 0.3) is 0 Å². The first-order valence-electron chi connectivity index (χ1n) is 6.59. The molecule has 0 heterocycles. The fourth-order valence-corrected chi connectivity index (χ4v) is 3.05. The second-order valence-electron chi connectivity index (χ2n) is 5.73. The summed E-state index contributed by atoms with van der Waals surface area (Å²) in [6.07, 6.45) is 8.89. The molecular weight excluding hydrogens is 186 g/mol. The topological polar surface area (TPSA) is 20.3 Å². The number of carbonyl (C=O) groups excluding carboxylic acids is 1. The molecule has 2 unspecified atom stereocenters. The van der Waals surface area contributed by atoms with E-state index in [9.17, 15) is 4.79 Å². The van der Waals surface area contributed by atoms with Crippen LogP contribution in [-0.4, -0.2) is 22.9 Å². The third-order valence-corrected chi connectivity index (χ3v) is 4.34. The van der Waals surface area contributed by atoms with Crippen molar-refractivity contribution < 1.29 is 4.79 Å². The summed E-state index contributed by atoms with van der Waals surface area (Å²) in [5, 5.41) is 0. The smallest absolute Gasteiger partial charge is 0.226 e. The fraction of sp³-hybridized carbons (Fsp3) is 0.923. The molecule has 2 heteroatoms. The van der Waals surface area contributed by atoms with Crippen LogP contribution in [-0.2, 0) is 4.79 Å². The quantitative estimate of drug-likeness (QED) is 0.696. The van der Waals surface area contributed by atoms with E-state index in [1.54, 1.807) is 0 Å². The molecule has 0 radical (unpaired) electrons. The normalized spacial score (nSPS) is 35.5. The van der Waals surface area contributed by atoms with Gasteiger partial charge in [-0.15, -0.1) is 0 Å². The van der Waals surface area contributed by atoms with E-state index in [2.05, 4.69) is 11.8 Å². The third kappa shape index (κ3) is 1.79. The maximum absolute atomic E-state index is 12.3. The fourth-order valence-electron chi connectivity index (χ4n) is 3.05. The Morgan fingerprint density at radius 3 is 2.07 bits per heavy atom. The first kappa shape index (κ1) is 9.68. The van der Waals surface area contributed by atoms with Crippen molar-refractivity contribution in [1.29, 1.82) is 0 Å². The Bertz CT molecular complexity index is 266. The zero-order valence-corrected chi connectivity index (χ0v) is 9.61. The molecule has 0 aromatic carbocycles. The summed E-state index contributed by atoms with van der Waals surface area (Å²) in [4.78, 5) is 14.6. The SMILES string of the molecule is CC1CC1C(=O)N(C1CCCC1)C1CC1. The molecule has 0 aromatic rings. The average Bonchev–Trinajstić information content (AvgIpc) is 3.10. The number of carbonyl (C=O) groups is 1. The van der Waals surface area contributed by atoms with Crippen LogP contribution in [0.5, 0.6) is 0 Å². The van der Waals surface area contributed by atoms with Crippen LogP contribution < -0.4 is 0 Å². The zero-order valence-electron chi connectivity index (χ0n) is 9.61. The van der Waals surface area contributed by atoms with Crippen LogP contribution in [0.3, 0.4) is 0 Å². The molecule has 0 bridgehead atoms. The number of nitrogens with zero attached hydrogens (tertiary/aromatic N) is 1. The van der Waals surface area contributed by atoms with E-state index in [-0.39, 0.29) is 0 Å². The Balaban J connectivity index is 1.69. The molecule has 15 heavy (non-hydrogen) atoms. The molecule has 3 aliphatic carbocycles. The van der Waals surface area contributed by atoms with E-state index in [4.69, 9.17) is 0 Å². The van der Waals surface area contributed by atoms with Gasteiger partial charge in [0, 0.05) is 18.0 Å². The van der Waals surface area contributed by atoms with E-state index >= 15 is 0 Å². The van der Waals surface area contributed by atoms with Gasteiger partial charge in [0.25, 0.3) is 0 Å². The maximum Gasteiger partial charge on any atom is 0.226 e. The summed E-state index contributed by atoms with van der Waals surface area (Å²) in [6.45, 7) is 2.21. The van der Waals surface area contributed by atoms with E-state index in [1.165, 1.54) is 38.5 Å². The predicted molar refractivity (Wildman–Crippen MR) is 59.4 cm³/mol. The van der Waals surface area contributed by atoms with Crippen molar-refractivity contribution in [2.24, 2.45) is 11.8 Å².